The van der Waals surface area contributed by atoms with E-state index in [-0.39, 0.29) is 0 Å². The number of rotatable bonds is 4. The van der Waals surface area contributed by atoms with Gasteiger partial charge in [-0.3, -0.25) is 0 Å². The Labute approximate surface area is 96.2 Å². The predicted octanol–water partition coefficient (Wildman–Crippen LogP) is -0.576. The van der Waals surface area contributed by atoms with Crippen molar-refractivity contribution in [2.45, 2.75) is 31.2 Å². The van der Waals surface area contributed by atoms with Crippen LogP contribution in [0.25, 0.3) is 0 Å². The number of hydrogen-bond donors (Lipinski definition) is 3. The molecule has 0 aromatic heterocycles. The second-order valence-corrected chi connectivity index (χ2v) is 5.47. The highest BCUT2D eigenvalue weighted by Crippen LogP contribution is 2.36. The Balaban J connectivity index is 2.65. The van der Waals surface area contributed by atoms with Crippen LogP contribution in [0.15, 0.2) is 11.9 Å². The molecule has 1 unspecified atom stereocenters. The number of ether oxygens (including phenoxy) is 2. The van der Waals surface area contributed by atoms with Crippen LogP contribution in [0.2, 0.25) is 0 Å². The minimum absolute atomic E-state index is 0.418. The van der Waals surface area contributed by atoms with Gasteiger partial charge in [-0.05, 0) is 25.1 Å². The molecule has 2 radical (unpaired) electrons. The van der Waals surface area contributed by atoms with E-state index >= 15 is 0 Å². The van der Waals surface area contributed by atoms with E-state index in [2.05, 4.69) is 6.30 Å². The van der Waals surface area contributed by atoms with E-state index in [1.54, 1.807) is 6.92 Å². The van der Waals surface area contributed by atoms with E-state index in [0.717, 1.165) is 5.82 Å². The van der Waals surface area contributed by atoms with Crippen molar-refractivity contribution in [3.63, 3.8) is 0 Å². The quantitative estimate of drug-likeness (QED) is 0.457. The lowest BCUT2D eigenvalue weighted by Crippen LogP contribution is -2.35. The van der Waals surface area contributed by atoms with Crippen LogP contribution in [0.4, 0.5) is 0 Å². The lowest BCUT2D eigenvalue weighted by molar-refractivity contribution is -0.0136. The molecule has 1 saturated heterocycles. The maximum absolute atomic E-state index is 9.79. The molecule has 0 bridgehead atoms. The molecule has 90 valence electrons. The fourth-order valence-corrected chi connectivity index (χ4v) is 1.93. The number of aliphatic hydroxyl groups excluding tert-OH is 1. The molecule has 0 saturated carbocycles. The SMILES string of the molecule is [B][C@@H]1O[C@H](/C=C/P(=C)(O)O)[C@H](O)C1OCC. The van der Waals surface area contributed by atoms with Crippen molar-refractivity contribution < 1.29 is 24.4 Å². The Hall–Kier alpha value is -0.0951. The normalized spacial score (nSPS) is 36.0. The van der Waals surface area contributed by atoms with E-state index in [9.17, 15) is 5.11 Å². The van der Waals surface area contributed by atoms with Crippen molar-refractivity contribution in [3.05, 3.63) is 11.9 Å². The summed E-state index contributed by atoms with van der Waals surface area (Å²) < 4.78 is 10.4. The highest BCUT2D eigenvalue weighted by atomic mass is 31.2. The third kappa shape index (κ3) is 3.73. The summed E-state index contributed by atoms with van der Waals surface area (Å²) >= 11 is 0. The zero-order valence-corrected chi connectivity index (χ0v) is 9.96. The first-order valence-corrected chi connectivity index (χ1v) is 6.88. The van der Waals surface area contributed by atoms with Crippen LogP contribution < -0.4 is 0 Å². The Morgan fingerprint density at radius 1 is 1.56 bits per heavy atom. The highest BCUT2D eigenvalue weighted by molar-refractivity contribution is 7.65. The monoisotopic (exact) mass is 246 g/mol. The van der Waals surface area contributed by atoms with Gasteiger partial charge in [0.1, 0.15) is 33.5 Å². The average molecular weight is 246 g/mol. The second kappa shape index (κ2) is 5.49. The first-order chi connectivity index (χ1) is 7.35. The van der Waals surface area contributed by atoms with E-state index in [1.807, 2.05) is 0 Å². The zero-order chi connectivity index (χ0) is 12.3. The molecule has 0 aliphatic carbocycles. The fourth-order valence-electron chi connectivity index (χ4n) is 1.49. The molecule has 0 aromatic rings. The average Bonchev–Trinajstić information content (AvgIpc) is 2.42. The standard InChI is InChI=1S/C9H16BO5P/c1-3-14-8-7(11)6(15-9(8)10)4-5-16(2,12)13/h4-9,11-13H,2-3H2,1H3/b5-4+/t6-,7+,8?,9-/m1/s1. The molecule has 0 spiro atoms. The number of aliphatic hydroxyl groups is 1. The van der Waals surface area contributed by atoms with Crippen LogP contribution in [0.5, 0.6) is 0 Å². The van der Waals surface area contributed by atoms with Gasteiger partial charge in [-0.1, -0.05) is 0 Å². The molecule has 0 amide bonds. The largest absolute Gasteiger partial charge is 0.387 e. The molecule has 1 aliphatic rings. The van der Waals surface area contributed by atoms with Gasteiger partial charge in [0.15, 0.2) is 0 Å². The molecule has 1 rings (SSSR count). The van der Waals surface area contributed by atoms with Gasteiger partial charge in [0.05, 0.1) is 0 Å². The Morgan fingerprint density at radius 2 is 2.19 bits per heavy atom. The third-order valence-corrected chi connectivity index (χ3v) is 2.83. The van der Waals surface area contributed by atoms with Gasteiger partial charge in [0.2, 0.25) is 0 Å². The molecule has 16 heavy (non-hydrogen) atoms. The maximum Gasteiger partial charge on any atom is 0.134 e. The smallest absolute Gasteiger partial charge is 0.134 e. The van der Waals surface area contributed by atoms with Crippen molar-refractivity contribution in [2.24, 2.45) is 0 Å². The van der Waals surface area contributed by atoms with Crippen molar-refractivity contribution in [2.75, 3.05) is 6.61 Å². The van der Waals surface area contributed by atoms with Crippen LogP contribution in [0, 0.1) is 0 Å². The van der Waals surface area contributed by atoms with Crippen molar-refractivity contribution >= 4 is 21.5 Å². The minimum Gasteiger partial charge on any atom is -0.387 e. The molecule has 5 nitrogen and oxygen atoms in total. The summed E-state index contributed by atoms with van der Waals surface area (Å²) in [5, 5.41) is 9.79. The molecular weight excluding hydrogens is 230 g/mol. The Kier molecular flexibility index (Phi) is 4.80. The van der Waals surface area contributed by atoms with E-state index in [0.29, 0.717) is 6.61 Å². The van der Waals surface area contributed by atoms with Gasteiger partial charge < -0.3 is 24.4 Å². The Morgan fingerprint density at radius 3 is 2.69 bits per heavy atom. The second-order valence-electron chi connectivity index (χ2n) is 3.60. The molecule has 4 atom stereocenters. The summed E-state index contributed by atoms with van der Waals surface area (Å²) in [7, 11) is 2.36. The lowest BCUT2D eigenvalue weighted by Gasteiger charge is -2.17. The van der Waals surface area contributed by atoms with Crippen LogP contribution in [0.3, 0.4) is 0 Å². The van der Waals surface area contributed by atoms with Gasteiger partial charge in [0.25, 0.3) is 0 Å². The molecule has 0 aromatic carbocycles. The fraction of sp³-hybridized carbons (Fsp3) is 0.667. The van der Waals surface area contributed by atoms with E-state index in [1.165, 1.54) is 6.08 Å². The summed E-state index contributed by atoms with van der Waals surface area (Å²) in [6.45, 7) is 2.21. The first kappa shape index (κ1) is 14.0. The van der Waals surface area contributed by atoms with E-state index in [4.69, 9.17) is 27.1 Å². The van der Waals surface area contributed by atoms with Crippen LogP contribution >= 0.6 is 7.34 Å². The van der Waals surface area contributed by atoms with Crippen molar-refractivity contribution in [1.82, 2.24) is 0 Å². The molecular formula is C9H16BO5P. The summed E-state index contributed by atoms with van der Waals surface area (Å²) in [5.74, 6) is 1.13. The minimum atomic E-state index is -3.25. The maximum atomic E-state index is 9.79. The number of hydrogen-bond acceptors (Lipinski definition) is 5. The van der Waals surface area contributed by atoms with Crippen LogP contribution in [-0.4, -0.2) is 60.0 Å². The summed E-state index contributed by atoms with van der Waals surface area (Å²) in [4.78, 5) is 18.1. The van der Waals surface area contributed by atoms with E-state index < -0.39 is 31.7 Å². The van der Waals surface area contributed by atoms with Crippen molar-refractivity contribution in [1.29, 1.82) is 0 Å². The first-order valence-electron chi connectivity index (χ1n) is 4.94. The summed E-state index contributed by atoms with van der Waals surface area (Å²) in [5.41, 5.74) is 0. The predicted molar refractivity (Wildman–Crippen MR) is 63.5 cm³/mol. The van der Waals surface area contributed by atoms with Crippen LogP contribution in [-0.2, 0) is 9.47 Å². The van der Waals surface area contributed by atoms with Gasteiger partial charge in [-0.2, -0.15) is 0 Å². The third-order valence-electron chi connectivity index (χ3n) is 2.18. The van der Waals surface area contributed by atoms with Gasteiger partial charge in [0, 0.05) is 12.6 Å². The topological polar surface area (TPSA) is 79.2 Å². The molecule has 1 aliphatic heterocycles. The van der Waals surface area contributed by atoms with Crippen LogP contribution in [0.1, 0.15) is 6.92 Å². The highest BCUT2D eigenvalue weighted by Gasteiger charge is 2.40. The molecule has 3 N–H and O–H groups in total. The Bertz CT molecular complexity index is 302. The van der Waals surface area contributed by atoms with Crippen molar-refractivity contribution in [3.8, 4) is 0 Å². The molecule has 7 heteroatoms. The molecule has 1 heterocycles. The van der Waals surface area contributed by atoms with Gasteiger partial charge >= 0.3 is 0 Å². The lowest BCUT2D eigenvalue weighted by atomic mass is 9.93. The van der Waals surface area contributed by atoms with Gasteiger partial charge in [-0.15, -0.1) is 0 Å². The molecule has 1 fully saturated rings. The summed E-state index contributed by atoms with van der Waals surface area (Å²) in [6.07, 6.45) is 2.30. The summed E-state index contributed by atoms with van der Waals surface area (Å²) in [6, 6.07) is -0.723. The zero-order valence-electron chi connectivity index (χ0n) is 9.06. The van der Waals surface area contributed by atoms with Gasteiger partial charge in [-0.25, -0.2) is 0 Å².